The van der Waals surface area contributed by atoms with Crippen molar-refractivity contribution in [1.82, 2.24) is 10.3 Å². The fourth-order valence-corrected chi connectivity index (χ4v) is 2.41. The summed E-state index contributed by atoms with van der Waals surface area (Å²) < 4.78 is 5.77. The summed E-state index contributed by atoms with van der Waals surface area (Å²) in [5.41, 5.74) is 1.15. The Bertz CT molecular complexity index is 496. The van der Waals surface area contributed by atoms with Gasteiger partial charge in [0, 0.05) is 17.6 Å². The number of aryl methyl sites for hydroxylation is 1. The van der Waals surface area contributed by atoms with Crippen LogP contribution in [0.25, 0.3) is 0 Å². The van der Waals surface area contributed by atoms with E-state index >= 15 is 0 Å². The number of nitrogens with one attached hydrogen (secondary N) is 1. The van der Waals surface area contributed by atoms with Gasteiger partial charge in [0.05, 0.1) is 0 Å². The van der Waals surface area contributed by atoms with Crippen LogP contribution in [0.1, 0.15) is 22.4 Å². The van der Waals surface area contributed by atoms with Crippen molar-refractivity contribution < 1.29 is 4.74 Å². The second-order valence-electron chi connectivity index (χ2n) is 4.05. The Morgan fingerprint density at radius 2 is 2.17 bits per heavy atom. The van der Waals surface area contributed by atoms with Crippen molar-refractivity contribution in [2.24, 2.45) is 0 Å². The van der Waals surface area contributed by atoms with Crippen molar-refractivity contribution in [1.29, 1.82) is 0 Å². The van der Waals surface area contributed by atoms with Crippen LogP contribution in [0.4, 0.5) is 0 Å². The smallest absolute Gasteiger partial charge is 0.140 e. The maximum absolute atomic E-state index is 5.77. The van der Waals surface area contributed by atoms with Crippen LogP contribution in [0.5, 0.6) is 5.75 Å². The number of hydrogen-bond donors (Lipinski definition) is 1. The molecule has 2 aromatic rings. The summed E-state index contributed by atoms with van der Waals surface area (Å²) in [4.78, 5) is 5.62. The van der Waals surface area contributed by atoms with Gasteiger partial charge in [-0.15, -0.1) is 11.3 Å². The monoisotopic (exact) mass is 262 g/mol. The summed E-state index contributed by atoms with van der Waals surface area (Å²) in [7, 11) is 0. The first-order chi connectivity index (χ1) is 8.79. The molecule has 0 saturated heterocycles. The zero-order valence-electron chi connectivity index (χ0n) is 10.8. The van der Waals surface area contributed by atoms with Gasteiger partial charge in [-0.3, -0.25) is 0 Å². The maximum Gasteiger partial charge on any atom is 0.140 e. The van der Waals surface area contributed by atoms with Crippen molar-refractivity contribution in [3.05, 3.63) is 45.9 Å². The first kappa shape index (κ1) is 13.1. The lowest BCUT2D eigenvalue weighted by Gasteiger charge is -2.06. The molecule has 1 N–H and O–H groups in total. The second-order valence-corrected chi connectivity index (χ2v) is 5.25. The van der Waals surface area contributed by atoms with Gasteiger partial charge in [0.2, 0.25) is 0 Å². The third kappa shape index (κ3) is 3.55. The quantitative estimate of drug-likeness (QED) is 0.868. The number of ether oxygens (including phenoxy) is 1. The number of nitrogens with zero attached hydrogens (tertiary/aromatic N) is 1. The Balaban J connectivity index is 1.90. The molecule has 1 aromatic carbocycles. The minimum Gasteiger partial charge on any atom is -0.486 e. The van der Waals surface area contributed by atoms with Gasteiger partial charge in [-0.25, -0.2) is 4.98 Å². The van der Waals surface area contributed by atoms with Gasteiger partial charge in [0.1, 0.15) is 17.4 Å². The molecule has 18 heavy (non-hydrogen) atoms. The molecule has 1 heterocycles. The minimum absolute atomic E-state index is 0.543. The highest BCUT2D eigenvalue weighted by Gasteiger charge is 2.03. The van der Waals surface area contributed by atoms with Crippen LogP contribution in [0.3, 0.4) is 0 Å². The average molecular weight is 262 g/mol. The highest BCUT2D eigenvalue weighted by Crippen LogP contribution is 2.19. The minimum atomic E-state index is 0.543. The Hall–Kier alpha value is -1.39. The van der Waals surface area contributed by atoms with E-state index in [2.05, 4.69) is 17.2 Å². The molecular formula is C14H18N2OS. The molecule has 0 radical (unpaired) electrons. The summed E-state index contributed by atoms with van der Waals surface area (Å²) in [5, 5.41) is 4.31. The number of hydrogen-bond acceptors (Lipinski definition) is 4. The Morgan fingerprint density at radius 1 is 1.33 bits per heavy atom. The lowest BCUT2D eigenvalue weighted by atomic mass is 10.2. The maximum atomic E-state index is 5.77. The normalized spacial score (nSPS) is 10.6. The number of rotatable bonds is 6. The van der Waals surface area contributed by atoms with Crippen LogP contribution in [0, 0.1) is 6.92 Å². The third-order valence-corrected chi connectivity index (χ3v) is 3.57. The molecule has 0 amide bonds. The van der Waals surface area contributed by atoms with E-state index in [1.54, 1.807) is 11.3 Å². The second kappa shape index (κ2) is 6.52. The van der Waals surface area contributed by atoms with E-state index in [0.29, 0.717) is 6.61 Å². The molecular weight excluding hydrogens is 244 g/mol. The molecule has 4 heteroatoms. The number of para-hydroxylation sites is 1. The summed E-state index contributed by atoms with van der Waals surface area (Å²) in [6.45, 7) is 6.56. The largest absolute Gasteiger partial charge is 0.486 e. The summed E-state index contributed by atoms with van der Waals surface area (Å²) >= 11 is 1.70. The molecule has 2 rings (SSSR count). The van der Waals surface area contributed by atoms with Crippen LogP contribution in [-0.4, -0.2) is 11.5 Å². The zero-order chi connectivity index (χ0) is 12.8. The van der Waals surface area contributed by atoms with Crippen LogP contribution in [0.2, 0.25) is 0 Å². The topological polar surface area (TPSA) is 34.2 Å². The van der Waals surface area contributed by atoms with Crippen molar-refractivity contribution in [3.8, 4) is 5.75 Å². The lowest BCUT2D eigenvalue weighted by Crippen LogP contribution is -2.10. The summed E-state index contributed by atoms with van der Waals surface area (Å²) in [6, 6.07) is 8.04. The average Bonchev–Trinajstić information content (AvgIpc) is 2.83. The van der Waals surface area contributed by atoms with Gasteiger partial charge in [-0.05, 0) is 25.1 Å². The highest BCUT2D eigenvalue weighted by atomic mass is 32.1. The molecule has 3 nitrogen and oxygen atoms in total. The molecule has 0 fully saturated rings. The Morgan fingerprint density at radius 3 is 2.94 bits per heavy atom. The van der Waals surface area contributed by atoms with Gasteiger partial charge < -0.3 is 10.1 Å². The molecule has 96 valence electrons. The predicted octanol–water partition coefficient (Wildman–Crippen LogP) is 3.14. The van der Waals surface area contributed by atoms with Gasteiger partial charge in [-0.2, -0.15) is 0 Å². The van der Waals surface area contributed by atoms with E-state index in [1.165, 1.54) is 4.88 Å². The molecule has 0 aliphatic rings. The molecule has 1 aromatic heterocycles. The van der Waals surface area contributed by atoms with Crippen LogP contribution in [-0.2, 0) is 13.2 Å². The lowest BCUT2D eigenvalue weighted by molar-refractivity contribution is 0.303. The van der Waals surface area contributed by atoms with Gasteiger partial charge in [0.25, 0.3) is 0 Å². The van der Waals surface area contributed by atoms with E-state index in [1.807, 2.05) is 37.4 Å². The SMILES string of the molecule is CCNCc1cnc(COc2ccccc2C)s1. The Labute approximate surface area is 112 Å². The van der Waals surface area contributed by atoms with Crippen molar-refractivity contribution in [2.75, 3.05) is 6.54 Å². The van der Waals surface area contributed by atoms with Crippen LogP contribution < -0.4 is 10.1 Å². The third-order valence-electron chi connectivity index (χ3n) is 2.60. The van der Waals surface area contributed by atoms with Crippen molar-refractivity contribution in [3.63, 3.8) is 0 Å². The first-order valence-corrected chi connectivity index (χ1v) is 6.94. The van der Waals surface area contributed by atoms with E-state index in [4.69, 9.17) is 4.74 Å². The molecule has 0 bridgehead atoms. The fraction of sp³-hybridized carbons (Fsp3) is 0.357. The first-order valence-electron chi connectivity index (χ1n) is 6.12. The van der Waals surface area contributed by atoms with E-state index < -0.39 is 0 Å². The molecule has 0 unspecified atom stereocenters. The number of benzene rings is 1. The highest BCUT2D eigenvalue weighted by molar-refractivity contribution is 7.11. The summed E-state index contributed by atoms with van der Waals surface area (Å²) in [5.74, 6) is 0.931. The molecule has 0 aliphatic heterocycles. The van der Waals surface area contributed by atoms with E-state index in [9.17, 15) is 0 Å². The van der Waals surface area contributed by atoms with Gasteiger partial charge in [-0.1, -0.05) is 25.1 Å². The van der Waals surface area contributed by atoms with Gasteiger partial charge >= 0.3 is 0 Å². The standard InChI is InChI=1S/C14H18N2OS/c1-3-15-8-12-9-16-14(18-12)10-17-13-7-5-4-6-11(13)2/h4-7,9,15H,3,8,10H2,1-2H3. The van der Waals surface area contributed by atoms with Crippen molar-refractivity contribution in [2.45, 2.75) is 27.0 Å². The van der Waals surface area contributed by atoms with Gasteiger partial charge in [0.15, 0.2) is 0 Å². The Kier molecular flexibility index (Phi) is 4.73. The van der Waals surface area contributed by atoms with E-state index in [-0.39, 0.29) is 0 Å². The molecule has 0 saturated carbocycles. The fourth-order valence-electron chi connectivity index (χ4n) is 1.60. The molecule has 0 aliphatic carbocycles. The zero-order valence-corrected chi connectivity index (χ0v) is 11.6. The predicted molar refractivity (Wildman–Crippen MR) is 75.0 cm³/mol. The van der Waals surface area contributed by atoms with E-state index in [0.717, 1.165) is 29.4 Å². The molecule has 0 atom stereocenters. The van der Waals surface area contributed by atoms with Crippen LogP contribution in [0.15, 0.2) is 30.5 Å². The van der Waals surface area contributed by atoms with Crippen LogP contribution >= 0.6 is 11.3 Å². The molecule has 0 spiro atoms. The summed E-state index contributed by atoms with van der Waals surface area (Å²) in [6.07, 6.45) is 1.92. The van der Waals surface area contributed by atoms with Crippen molar-refractivity contribution >= 4 is 11.3 Å². The number of thiazole rings is 1. The number of aromatic nitrogens is 1.